The highest BCUT2D eigenvalue weighted by Crippen LogP contribution is 2.19. The van der Waals surface area contributed by atoms with Crippen molar-refractivity contribution in [1.82, 2.24) is 15.0 Å². The molecule has 0 aliphatic heterocycles. The molecule has 1 heterocycles. The first-order chi connectivity index (χ1) is 13.7. The van der Waals surface area contributed by atoms with Crippen molar-refractivity contribution in [1.29, 1.82) is 5.26 Å². The molecule has 0 spiro atoms. The maximum atomic E-state index is 9.18. The van der Waals surface area contributed by atoms with Gasteiger partial charge in [-0.15, -0.1) is 5.10 Å². The molecule has 0 fully saturated rings. The molecular formula is C22H18N6. The average molecular weight is 366 g/mol. The van der Waals surface area contributed by atoms with E-state index in [1.807, 2.05) is 73.7 Å². The molecule has 1 aromatic heterocycles. The van der Waals surface area contributed by atoms with E-state index in [-0.39, 0.29) is 6.04 Å². The number of fused-ring (bicyclic) bond motifs is 1. The van der Waals surface area contributed by atoms with E-state index in [0.29, 0.717) is 11.5 Å². The lowest BCUT2D eigenvalue weighted by atomic mass is 10.1. The molecule has 136 valence electrons. The number of aliphatic imine (C=N–C) groups is 1. The predicted octanol–water partition coefficient (Wildman–Crippen LogP) is 4.38. The number of hydrogen-bond donors (Lipinski definition) is 1. The minimum atomic E-state index is -0.0918. The third-order valence-corrected chi connectivity index (χ3v) is 4.40. The van der Waals surface area contributed by atoms with Crippen molar-refractivity contribution in [3.8, 4) is 6.07 Å². The molecule has 4 aromatic rings. The number of rotatable bonds is 3. The first-order valence-electron chi connectivity index (χ1n) is 8.95. The standard InChI is InChI=1S/C22H18N6/c1-16(18-9-3-2-4-10-18)24-22(25-19-11-7-8-17(14-19)15-23)28-21-13-6-5-12-20(21)26-27-28/h2-14,16H,1H3,(H,24,25). The number of nitriles is 1. The molecule has 0 aliphatic rings. The Morgan fingerprint density at radius 3 is 2.64 bits per heavy atom. The van der Waals surface area contributed by atoms with E-state index < -0.39 is 0 Å². The normalized spacial score (nSPS) is 12.5. The van der Waals surface area contributed by atoms with E-state index in [2.05, 4.69) is 21.7 Å². The van der Waals surface area contributed by atoms with Crippen LogP contribution in [0.15, 0.2) is 83.9 Å². The number of aromatic nitrogens is 3. The molecule has 0 aliphatic carbocycles. The second kappa shape index (κ2) is 7.72. The summed E-state index contributed by atoms with van der Waals surface area (Å²) in [6.07, 6.45) is 0. The predicted molar refractivity (Wildman–Crippen MR) is 110 cm³/mol. The van der Waals surface area contributed by atoms with Crippen molar-refractivity contribution in [2.45, 2.75) is 13.0 Å². The third kappa shape index (κ3) is 3.60. The Morgan fingerprint density at radius 1 is 1.04 bits per heavy atom. The third-order valence-electron chi connectivity index (χ3n) is 4.40. The van der Waals surface area contributed by atoms with Gasteiger partial charge in [0.2, 0.25) is 5.96 Å². The van der Waals surface area contributed by atoms with Gasteiger partial charge in [0.05, 0.1) is 23.2 Å². The smallest absolute Gasteiger partial charge is 0.226 e. The van der Waals surface area contributed by atoms with Crippen molar-refractivity contribution >= 4 is 22.7 Å². The number of nitrogens with one attached hydrogen (secondary N) is 1. The van der Waals surface area contributed by atoms with Gasteiger partial charge in [0.1, 0.15) is 5.52 Å². The molecule has 1 N–H and O–H groups in total. The highest BCUT2D eigenvalue weighted by Gasteiger charge is 2.13. The van der Waals surface area contributed by atoms with E-state index >= 15 is 0 Å². The minimum Gasteiger partial charge on any atom is -0.324 e. The van der Waals surface area contributed by atoms with Crippen LogP contribution in [0.25, 0.3) is 11.0 Å². The molecule has 0 radical (unpaired) electrons. The zero-order chi connectivity index (χ0) is 19.3. The highest BCUT2D eigenvalue weighted by molar-refractivity contribution is 5.99. The number of para-hydroxylation sites is 1. The fourth-order valence-corrected chi connectivity index (χ4v) is 2.95. The van der Waals surface area contributed by atoms with Gasteiger partial charge < -0.3 is 5.32 Å². The number of hydrogen-bond acceptors (Lipinski definition) is 4. The average Bonchev–Trinajstić information content (AvgIpc) is 3.18. The molecular weight excluding hydrogens is 348 g/mol. The van der Waals surface area contributed by atoms with Gasteiger partial charge >= 0.3 is 0 Å². The molecule has 6 nitrogen and oxygen atoms in total. The SMILES string of the molecule is CC(N=C(Nc1cccc(C#N)c1)n1nnc2ccccc21)c1ccccc1. The summed E-state index contributed by atoms with van der Waals surface area (Å²) in [6, 6.07) is 27.1. The summed E-state index contributed by atoms with van der Waals surface area (Å²) in [5.41, 5.74) is 4.07. The van der Waals surface area contributed by atoms with Crippen LogP contribution in [0.4, 0.5) is 5.69 Å². The van der Waals surface area contributed by atoms with Gasteiger partial charge in [0, 0.05) is 5.69 Å². The molecule has 28 heavy (non-hydrogen) atoms. The fourth-order valence-electron chi connectivity index (χ4n) is 2.95. The summed E-state index contributed by atoms with van der Waals surface area (Å²) in [6.45, 7) is 2.03. The molecule has 1 unspecified atom stereocenters. The van der Waals surface area contributed by atoms with Crippen LogP contribution in [-0.4, -0.2) is 21.0 Å². The van der Waals surface area contributed by atoms with Crippen molar-refractivity contribution in [2.75, 3.05) is 5.32 Å². The quantitative estimate of drug-likeness (QED) is 0.431. The topological polar surface area (TPSA) is 78.9 Å². The second-order valence-electron chi connectivity index (χ2n) is 6.35. The van der Waals surface area contributed by atoms with Crippen LogP contribution in [0.5, 0.6) is 0 Å². The monoisotopic (exact) mass is 366 g/mol. The summed E-state index contributed by atoms with van der Waals surface area (Å²) < 4.78 is 1.69. The summed E-state index contributed by atoms with van der Waals surface area (Å²) in [5.74, 6) is 0.542. The zero-order valence-corrected chi connectivity index (χ0v) is 15.3. The number of anilines is 1. The van der Waals surface area contributed by atoms with Crippen LogP contribution >= 0.6 is 0 Å². The maximum absolute atomic E-state index is 9.18. The van der Waals surface area contributed by atoms with Gasteiger partial charge in [0.25, 0.3) is 0 Å². The zero-order valence-electron chi connectivity index (χ0n) is 15.3. The van der Waals surface area contributed by atoms with Gasteiger partial charge in [0.15, 0.2) is 0 Å². The molecule has 0 amide bonds. The Hall–Kier alpha value is -3.98. The van der Waals surface area contributed by atoms with Crippen LogP contribution < -0.4 is 5.32 Å². The lowest BCUT2D eigenvalue weighted by molar-refractivity contribution is 0.786. The molecule has 0 saturated heterocycles. The number of benzene rings is 3. The van der Waals surface area contributed by atoms with Gasteiger partial charge in [-0.2, -0.15) is 9.94 Å². The van der Waals surface area contributed by atoms with E-state index in [4.69, 9.17) is 4.99 Å². The van der Waals surface area contributed by atoms with Crippen LogP contribution in [0.2, 0.25) is 0 Å². The van der Waals surface area contributed by atoms with E-state index in [0.717, 1.165) is 22.3 Å². The summed E-state index contributed by atoms with van der Waals surface area (Å²) >= 11 is 0. The lowest BCUT2D eigenvalue weighted by Gasteiger charge is -2.14. The molecule has 0 saturated carbocycles. The molecule has 4 rings (SSSR count). The first-order valence-corrected chi connectivity index (χ1v) is 8.95. The van der Waals surface area contributed by atoms with Crippen LogP contribution in [0.1, 0.15) is 24.1 Å². The Labute approximate surface area is 162 Å². The van der Waals surface area contributed by atoms with Gasteiger partial charge in [-0.25, -0.2) is 4.99 Å². The van der Waals surface area contributed by atoms with Crippen LogP contribution in [0.3, 0.4) is 0 Å². The highest BCUT2D eigenvalue weighted by atomic mass is 15.5. The van der Waals surface area contributed by atoms with Crippen LogP contribution in [-0.2, 0) is 0 Å². The Kier molecular flexibility index (Phi) is 4.81. The Balaban J connectivity index is 1.78. The van der Waals surface area contributed by atoms with Gasteiger partial charge in [-0.1, -0.05) is 53.7 Å². The molecule has 3 aromatic carbocycles. The molecule has 6 heteroatoms. The summed E-state index contributed by atoms with van der Waals surface area (Å²) in [4.78, 5) is 4.87. The van der Waals surface area contributed by atoms with Gasteiger partial charge in [-0.3, -0.25) is 0 Å². The van der Waals surface area contributed by atoms with Crippen molar-refractivity contribution in [3.05, 3.63) is 90.0 Å². The summed E-state index contributed by atoms with van der Waals surface area (Å²) in [7, 11) is 0. The molecule has 0 bridgehead atoms. The number of nitrogens with zero attached hydrogens (tertiary/aromatic N) is 5. The van der Waals surface area contributed by atoms with E-state index in [1.165, 1.54) is 0 Å². The first kappa shape index (κ1) is 17.4. The molecule has 1 atom stereocenters. The van der Waals surface area contributed by atoms with Crippen LogP contribution in [0, 0.1) is 11.3 Å². The summed E-state index contributed by atoms with van der Waals surface area (Å²) in [5, 5.41) is 21.0. The Morgan fingerprint density at radius 2 is 1.82 bits per heavy atom. The van der Waals surface area contributed by atoms with E-state index in [9.17, 15) is 5.26 Å². The minimum absolute atomic E-state index is 0.0918. The lowest BCUT2D eigenvalue weighted by Crippen LogP contribution is -2.24. The Bertz CT molecular complexity index is 1170. The largest absolute Gasteiger partial charge is 0.324 e. The fraction of sp³-hybridized carbons (Fsp3) is 0.0909. The van der Waals surface area contributed by atoms with E-state index in [1.54, 1.807) is 16.8 Å². The second-order valence-corrected chi connectivity index (χ2v) is 6.35. The van der Waals surface area contributed by atoms with Crippen molar-refractivity contribution in [2.24, 2.45) is 4.99 Å². The maximum Gasteiger partial charge on any atom is 0.226 e. The van der Waals surface area contributed by atoms with Gasteiger partial charge in [-0.05, 0) is 42.8 Å². The van der Waals surface area contributed by atoms with Crippen molar-refractivity contribution in [3.63, 3.8) is 0 Å². The van der Waals surface area contributed by atoms with Crippen molar-refractivity contribution < 1.29 is 0 Å².